The quantitative estimate of drug-likeness (QED) is 0.508. The van der Waals surface area contributed by atoms with Crippen LogP contribution in [0.15, 0.2) is 46.6 Å². The fourth-order valence-corrected chi connectivity index (χ4v) is 2.41. The van der Waals surface area contributed by atoms with E-state index in [0.717, 1.165) is 0 Å². The standard InChI is InChI=1S/C20H20N2O7/c1-3-28-19(26)15-7-5-14(11-16(15)20(27)29-4-2)22-21-13-6-8-17(23)12(9-13)10-18(24)25/h5-9,11,23H,3-4,10H2,1-2H3,(H,24,25). The third-order valence-electron chi connectivity index (χ3n) is 3.68. The minimum atomic E-state index is -1.09. The molecule has 2 aromatic rings. The normalized spacial score (nSPS) is 10.7. The van der Waals surface area contributed by atoms with Crippen LogP contribution in [0.3, 0.4) is 0 Å². The van der Waals surface area contributed by atoms with Crippen molar-refractivity contribution in [2.24, 2.45) is 10.2 Å². The number of phenolic OH excluding ortho intramolecular Hbond substituents is 1. The number of aliphatic carboxylic acids is 1. The van der Waals surface area contributed by atoms with Gasteiger partial charge in [0.25, 0.3) is 0 Å². The first kappa shape index (κ1) is 21.5. The van der Waals surface area contributed by atoms with Crippen molar-refractivity contribution in [3.05, 3.63) is 53.1 Å². The lowest BCUT2D eigenvalue weighted by Crippen LogP contribution is -2.13. The van der Waals surface area contributed by atoms with Gasteiger partial charge in [-0.05, 0) is 50.2 Å². The van der Waals surface area contributed by atoms with Crippen molar-refractivity contribution in [2.45, 2.75) is 20.3 Å². The average Bonchev–Trinajstić information content (AvgIpc) is 2.68. The number of hydrogen-bond donors (Lipinski definition) is 2. The molecule has 152 valence electrons. The van der Waals surface area contributed by atoms with Gasteiger partial charge >= 0.3 is 17.9 Å². The fraction of sp³-hybridized carbons (Fsp3) is 0.250. The fourth-order valence-electron chi connectivity index (χ4n) is 2.41. The Hall–Kier alpha value is -3.75. The van der Waals surface area contributed by atoms with Crippen LogP contribution in [0.2, 0.25) is 0 Å². The van der Waals surface area contributed by atoms with E-state index in [-0.39, 0.29) is 47.8 Å². The van der Waals surface area contributed by atoms with Crippen LogP contribution in [0, 0.1) is 0 Å². The molecule has 0 aliphatic rings. The van der Waals surface area contributed by atoms with Crippen molar-refractivity contribution in [2.75, 3.05) is 13.2 Å². The lowest BCUT2D eigenvalue weighted by atomic mass is 10.1. The van der Waals surface area contributed by atoms with Gasteiger partial charge in [0, 0.05) is 5.56 Å². The lowest BCUT2D eigenvalue weighted by Gasteiger charge is -2.09. The van der Waals surface area contributed by atoms with Crippen LogP contribution in [0.25, 0.3) is 0 Å². The third-order valence-corrected chi connectivity index (χ3v) is 3.68. The van der Waals surface area contributed by atoms with E-state index in [1.54, 1.807) is 13.8 Å². The first-order chi connectivity index (χ1) is 13.8. The number of phenols is 1. The second-order valence-electron chi connectivity index (χ2n) is 5.75. The Morgan fingerprint density at radius 1 is 0.862 bits per heavy atom. The number of carboxylic acids is 1. The van der Waals surface area contributed by atoms with Gasteiger partial charge in [-0.3, -0.25) is 4.79 Å². The molecule has 9 heteroatoms. The molecule has 0 bridgehead atoms. The molecule has 0 fully saturated rings. The molecule has 0 radical (unpaired) electrons. The molecule has 0 aromatic heterocycles. The number of carbonyl (C=O) groups is 3. The average molecular weight is 400 g/mol. The number of ether oxygens (including phenoxy) is 2. The zero-order chi connectivity index (χ0) is 21.4. The number of nitrogens with zero attached hydrogens (tertiary/aromatic N) is 2. The Morgan fingerprint density at radius 3 is 2.00 bits per heavy atom. The van der Waals surface area contributed by atoms with Crippen molar-refractivity contribution in [1.82, 2.24) is 0 Å². The SMILES string of the molecule is CCOC(=O)c1ccc(N=Nc2ccc(O)c(CC(=O)O)c2)cc1C(=O)OCC. The van der Waals surface area contributed by atoms with E-state index in [1.807, 2.05) is 0 Å². The molecular formula is C20H20N2O7. The molecule has 29 heavy (non-hydrogen) atoms. The lowest BCUT2D eigenvalue weighted by molar-refractivity contribution is -0.136. The van der Waals surface area contributed by atoms with Gasteiger partial charge in [0.15, 0.2) is 0 Å². The van der Waals surface area contributed by atoms with Crippen molar-refractivity contribution in [3.63, 3.8) is 0 Å². The van der Waals surface area contributed by atoms with Crippen LogP contribution in [0.5, 0.6) is 5.75 Å². The van der Waals surface area contributed by atoms with Crippen LogP contribution in [0.1, 0.15) is 40.1 Å². The largest absolute Gasteiger partial charge is 0.508 e. The molecule has 0 unspecified atom stereocenters. The summed E-state index contributed by atoms with van der Waals surface area (Å²) in [5.41, 5.74) is 0.829. The number of azo groups is 1. The van der Waals surface area contributed by atoms with Gasteiger partial charge in [0.1, 0.15) is 5.75 Å². The second-order valence-corrected chi connectivity index (χ2v) is 5.75. The summed E-state index contributed by atoms with van der Waals surface area (Å²) in [6, 6.07) is 8.41. The molecule has 0 saturated heterocycles. The van der Waals surface area contributed by atoms with Gasteiger partial charge in [-0.25, -0.2) is 9.59 Å². The van der Waals surface area contributed by atoms with Crippen LogP contribution >= 0.6 is 0 Å². The Morgan fingerprint density at radius 2 is 1.41 bits per heavy atom. The highest BCUT2D eigenvalue weighted by Gasteiger charge is 2.20. The molecule has 0 amide bonds. The van der Waals surface area contributed by atoms with E-state index in [0.29, 0.717) is 5.69 Å². The zero-order valence-corrected chi connectivity index (χ0v) is 15.9. The Bertz CT molecular complexity index is 954. The summed E-state index contributed by atoms with van der Waals surface area (Å²) in [6.45, 7) is 3.58. The topological polar surface area (TPSA) is 135 Å². The summed E-state index contributed by atoms with van der Waals surface area (Å²) in [5.74, 6) is -2.60. The third kappa shape index (κ3) is 5.86. The van der Waals surface area contributed by atoms with E-state index in [9.17, 15) is 19.5 Å². The zero-order valence-electron chi connectivity index (χ0n) is 15.9. The molecule has 0 spiro atoms. The molecule has 2 N–H and O–H groups in total. The number of benzene rings is 2. The Balaban J connectivity index is 2.35. The van der Waals surface area contributed by atoms with Crippen molar-refractivity contribution in [1.29, 1.82) is 0 Å². The Labute approximate surface area is 166 Å². The number of hydrogen-bond acceptors (Lipinski definition) is 8. The molecule has 0 heterocycles. The van der Waals surface area contributed by atoms with Gasteiger partial charge in [-0.15, -0.1) is 0 Å². The maximum Gasteiger partial charge on any atom is 0.339 e. The van der Waals surface area contributed by atoms with Crippen molar-refractivity contribution in [3.8, 4) is 5.75 Å². The summed E-state index contributed by atoms with van der Waals surface area (Å²) in [4.78, 5) is 35.1. The highest BCUT2D eigenvalue weighted by Crippen LogP contribution is 2.27. The highest BCUT2D eigenvalue weighted by molar-refractivity contribution is 6.03. The minimum Gasteiger partial charge on any atom is -0.508 e. The molecule has 0 aliphatic heterocycles. The van der Waals surface area contributed by atoms with Crippen LogP contribution in [0.4, 0.5) is 11.4 Å². The monoisotopic (exact) mass is 400 g/mol. The van der Waals surface area contributed by atoms with Gasteiger partial charge in [-0.2, -0.15) is 10.2 Å². The van der Waals surface area contributed by atoms with E-state index < -0.39 is 17.9 Å². The van der Waals surface area contributed by atoms with Gasteiger partial charge in [-0.1, -0.05) is 0 Å². The summed E-state index contributed by atoms with van der Waals surface area (Å²) in [7, 11) is 0. The molecule has 0 atom stereocenters. The predicted octanol–water partition coefficient (Wildman–Crippen LogP) is 3.79. The summed E-state index contributed by atoms with van der Waals surface area (Å²) in [5, 5.41) is 26.6. The van der Waals surface area contributed by atoms with Gasteiger partial charge in [0.05, 0.1) is 42.1 Å². The first-order valence-electron chi connectivity index (χ1n) is 8.79. The predicted molar refractivity (Wildman–Crippen MR) is 102 cm³/mol. The molecule has 2 rings (SSSR count). The number of carboxylic acid groups (broad SMARTS) is 1. The number of esters is 2. The Kier molecular flexibility index (Phi) is 7.41. The minimum absolute atomic E-state index is 0.000905. The maximum atomic E-state index is 12.2. The number of carbonyl (C=O) groups excluding carboxylic acids is 2. The number of aromatic hydroxyl groups is 1. The molecular weight excluding hydrogens is 380 g/mol. The highest BCUT2D eigenvalue weighted by atomic mass is 16.5. The van der Waals surface area contributed by atoms with Crippen LogP contribution in [-0.4, -0.2) is 41.3 Å². The molecule has 0 saturated carbocycles. The maximum absolute atomic E-state index is 12.2. The summed E-state index contributed by atoms with van der Waals surface area (Å²) in [6.07, 6.45) is -0.365. The van der Waals surface area contributed by atoms with E-state index in [2.05, 4.69) is 10.2 Å². The van der Waals surface area contributed by atoms with E-state index in [4.69, 9.17) is 14.6 Å². The smallest absolute Gasteiger partial charge is 0.339 e. The number of rotatable bonds is 8. The van der Waals surface area contributed by atoms with Crippen LogP contribution < -0.4 is 0 Å². The molecule has 2 aromatic carbocycles. The van der Waals surface area contributed by atoms with E-state index in [1.165, 1.54) is 36.4 Å². The van der Waals surface area contributed by atoms with Gasteiger partial charge in [0.2, 0.25) is 0 Å². The van der Waals surface area contributed by atoms with Crippen LogP contribution in [-0.2, 0) is 20.7 Å². The van der Waals surface area contributed by atoms with Crippen molar-refractivity contribution < 1.29 is 34.1 Å². The summed E-state index contributed by atoms with van der Waals surface area (Å²) >= 11 is 0. The van der Waals surface area contributed by atoms with E-state index >= 15 is 0 Å². The van der Waals surface area contributed by atoms with Crippen molar-refractivity contribution >= 4 is 29.3 Å². The molecule has 0 aliphatic carbocycles. The second kappa shape index (κ2) is 9.98. The molecule has 9 nitrogen and oxygen atoms in total. The first-order valence-corrected chi connectivity index (χ1v) is 8.79. The van der Waals surface area contributed by atoms with Gasteiger partial charge < -0.3 is 19.7 Å². The summed E-state index contributed by atoms with van der Waals surface area (Å²) < 4.78 is 9.93.